The highest BCUT2D eigenvalue weighted by atomic mass is 32.1. The number of rotatable bonds is 5. The molecule has 2 aliphatic heterocycles. The number of ether oxygens (including phenoxy) is 1. The number of amides is 2. The van der Waals surface area contributed by atoms with E-state index < -0.39 is 0 Å². The van der Waals surface area contributed by atoms with E-state index in [1.807, 2.05) is 71.3 Å². The van der Waals surface area contributed by atoms with Crippen LogP contribution in [0.15, 0.2) is 60.8 Å². The van der Waals surface area contributed by atoms with Crippen molar-refractivity contribution >= 4 is 23.2 Å². The number of carbonyl (C=O) groups excluding carboxylic acids is 2. The zero-order valence-corrected chi connectivity index (χ0v) is 20.2. The van der Waals surface area contributed by atoms with Gasteiger partial charge in [0, 0.05) is 32.4 Å². The zero-order valence-electron chi connectivity index (χ0n) is 19.4. The van der Waals surface area contributed by atoms with E-state index in [2.05, 4.69) is 4.98 Å². The van der Waals surface area contributed by atoms with E-state index >= 15 is 0 Å². The number of hydrogen-bond acceptors (Lipinski definition) is 5. The molecule has 34 heavy (non-hydrogen) atoms. The van der Waals surface area contributed by atoms with E-state index in [1.165, 1.54) is 11.3 Å². The van der Waals surface area contributed by atoms with Crippen molar-refractivity contribution in [1.82, 2.24) is 14.8 Å². The summed E-state index contributed by atoms with van der Waals surface area (Å²) in [5.41, 5.74) is 2.04. The molecular formula is C27H29N3O3S. The minimum Gasteiger partial charge on any atom is -0.484 e. The number of thiophene rings is 1. The smallest absolute Gasteiger partial charge is 0.263 e. The van der Waals surface area contributed by atoms with Gasteiger partial charge in [0.25, 0.3) is 11.8 Å². The Balaban J connectivity index is 1.14. The van der Waals surface area contributed by atoms with Gasteiger partial charge in [-0.2, -0.15) is 0 Å². The van der Waals surface area contributed by atoms with Crippen LogP contribution in [-0.2, 0) is 4.79 Å². The number of pyridine rings is 1. The van der Waals surface area contributed by atoms with Crippen LogP contribution in [0.5, 0.6) is 5.75 Å². The number of likely N-dealkylation sites (tertiary alicyclic amines) is 2. The van der Waals surface area contributed by atoms with Crippen LogP contribution in [-0.4, -0.2) is 59.4 Å². The Morgan fingerprint density at radius 1 is 0.971 bits per heavy atom. The molecule has 0 saturated carbocycles. The van der Waals surface area contributed by atoms with Crippen molar-refractivity contribution in [3.8, 4) is 16.3 Å². The van der Waals surface area contributed by atoms with Gasteiger partial charge in [-0.25, -0.2) is 0 Å². The summed E-state index contributed by atoms with van der Waals surface area (Å²) in [6.45, 7) is 5.04. The number of aryl methyl sites for hydroxylation is 1. The van der Waals surface area contributed by atoms with Crippen LogP contribution in [0.3, 0.4) is 0 Å². The fourth-order valence-electron chi connectivity index (χ4n) is 4.95. The van der Waals surface area contributed by atoms with Crippen molar-refractivity contribution < 1.29 is 14.3 Å². The van der Waals surface area contributed by atoms with Gasteiger partial charge in [0.2, 0.25) is 0 Å². The fraction of sp³-hybridized carbons (Fsp3) is 0.370. The highest BCUT2D eigenvalue weighted by molar-refractivity contribution is 7.17. The molecule has 2 saturated heterocycles. The second kappa shape index (κ2) is 9.58. The molecule has 2 fully saturated rings. The fourth-order valence-corrected chi connectivity index (χ4v) is 5.90. The number of carbonyl (C=O) groups is 2. The second-order valence-electron chi connectivity index (χ2n) is 9.29. The summed E-state index contributed by atoms with van der Waals surface area (Å²) in [4.78, 5) is 35.9. The van der Waals surface area contributed by atoms with Crippen LogP contribution in [0.4, 0.5) is 0 Å². The van der Waals surface area contributed by atoms with Crippen LogP contribution < -0.4 is 4.74 Å². The van der Waals surface area contributed by atoms with Crippen molar-refractivity contribution in [2.24, 2.45) is 5.41 Å². The summed E-state index contributed by atoms with van der Waals surface area (Å²) < 4.78 is 5.75. The SMILES string of the molecule is Cc1ccccc1OCC(=O)N1CCC2(CC1)CCN(C(=O)c1ccc(-c3ccccn3)s1)C2. The summed E-state index contributed by atoms with van der Waals surface area (Å²) in [6, 6.07) is 17.5. The van der Waals surface area contributed by atoms with Gasteiger partial charge in [0.15, 0.2) is 6.61 Å². The van der Waals surface area contributed by atoms with Crippen LogP contribution in [0, 0.1) is 12.3 Å². The van der Waals surface area contributed by atoms with E-state index in [1.54, 1.807) is 6.20 Å². The lowest BCUT2D eigenvalue weighted by atomic mass is 9.78. The molecule has 2 aliphatic rings. The molecule has 0 radical (unpaired) electrons. The molecular weight excluding hydrogens is 446 g/mol. The molecule has 0 unspecified atom stereocenters. The van der Waals surface area contributed by atoms with Crippen LogP contribution >= 0.6 is 11.3 Å². The van der Waals surface area contributed by atoms with Crippen molar-refractivity contribution in [2.75, 3.05) is 32.8 Å². The standard InChI is InChI=1S/C27H29N3O3S/c1-20-6-2-3-8-22(20)33-18-25(31)29-15-11-27(12-16-29)13-17-30(19-27)26(32)24-10-9-23(34-24)21-7-4-5-14-28-21/h2-10,14H,11-13,15-19H2,1H3. The molecule has 0 N–H and O–H groups in total. The van der Waals surface area contributed by atoms with Crippen LogP contribution in [0.1, 0.15) is 34.5 Å². The van der Waals surface area contributed by atoms with E-state index in [-0.39, 0.29) is 23.8 Å². The Morgan fingerprint density at radius 3 is 2.44 bits per heavy atom. The van der Waals surface area contributed by atoms with E-state index in [0.717, 1.165) is 72.2 Å². The summed E-state index contributed by atoms with van der Waals surface area (Å²) in [5.74, 6) is 0.896. The van der Waals surface area contributed by atoms with Crippen molar-refractivity contribution in [3.05, 3.63) is 71.2 Å². The highest BCUT2D eigenvalue weighted by Gasteiger charge is 2.43. The Labute approximate surface area is 204 Å². The Morgan fingerprint density at radius 2 is 1.71 bits per heavy atom. The van der Waals surface area contributed by atoms with Crippen molar-refractivity contribution in [1.29, 1.82) is 0 Å². The van der Waals surface area contributed by atoms with Crippen LogP contribution in [0.2, 0.25) is 0 Å². The number of para-hydroxylation sites is 1. The number of hydrogen-bond donors (Lipinski definition) is 0. The van der Waals surface area contributed by atoms with Gasteiger partial charge in [0.05, 0.1) is 15.4 Å². The third kappa shape index (κ3) is 4.71. The minimum absolute atomic E-state index is 0.0321. The summed E-state index contributed by atoms with van der Waals surface area (Å²) >= 11 is 1.50. The molecule has 0 atom stereocenters. The maximum absolute atomic E-state index is 13.2. The molecule has 6 nitrogen and oxygen atoms in total. The molecule has 7 heteroatoms. The average Bonchev–Trinajstić information content (AvgIpc) is 3.52. The monoisotopic (exact) mass is 475 g/mol. The molecule has 3 aromatic rings. The minimum atomic E-state index is 0.0321. The lowest BCUT2D eigenvalue weighted by Gasteiger charge is -2.39. The van der Waals surface area contributed by atoms with Gasteiger partial charge in [0.1, 0.15) is 5.75 Å². The quantitative estimate of drug-likeness (QED) is 0.539. The molecule has 1 aromatic carbocycles. The van der Waals surface area contributed by atoms with Gasteiger partial charge in [-0.3, -0.25) is 14.6 Å². The van der Waals surface area contributed by atoms with Gasteiger partial charge < -0.3 is 14.5 Å². The molecule has 2 aromatic heterocycles. The third-order valence-corrected chi connectivity index (χ3v) is 8.18. The molecule has 176 valence electrons. The second-order valence-corrected chi connectivity index (χ2v) is 10.4. The lowest BCUT2D eigenvalue weighted by molar-refractivity contribution is -0.135. The molecule has 1 spiro atoms. The summed E-state index contributed by atoms with van der Waals surface area (Å²) in [7, 11) is 0. The lowest BCUT2D eigenvalue weighted by Crippen LogP contribution is -2.46. The summed E-state index contributed by atoms with van der Waals surface area (Å²) in [5, 5.41) is 0. The first-order valence-electron chi connectivity index (χ1n) is 11.8. The molecule has 5 rings (SSSR count). The third-order valence-electron chi connectivity index (χ3n) is 7.08. The first kappa shape index (κ1) is 22.6. The predicted molar refractivity (Wildman–Crippen MR) is 133 cm³/mol. The maximum atomic E-state index is 13.2. The van der Waals surface area contributed by atoms with Crippen LogP contribution in [0.25, 0.3) is 10.6 Å². The van der Waals surface area contributed by atoms with E-state index in [4.69, 9.17) is 4.74 Å². The van der Waals surface area contributed by atoms with Gasteiger partial charge in [-0.1, -0.05) is 24.3 Å². The molecule has 2 amide bonds. The van der Waals surface area contributed by atoms with E-state index in [9.17, 15) is 9.59 Å². The molecule has 4 heterocycles. The zero-order chi connectivity index (χ0) is 23.5. The molecule has 0 aliphatic carbocycles. The van der Waals surface area contributed by atoms with Crippen molar-refractivity contribution in [2.45, 2.75) is 26.2 Å². The van der Waals surface area contributed by atoms with Gasteiger partial charge in [-0.15, -0.1) is 11.3 Å². The maximum Gasteiger partial charge on any atom is 0.263 e. The van der Waals surface area contributed by atoms with Gasteiger partial charge >= 0.3 is 0 Å². The number of nitrogens with zero attached hydrogens (tertiary/aromatic N) is 3. The predicted octanol–water partition coefficient (Wildman–Crippen LogP) is 4.65. The first-order chi connectivity index (χ1) is 16.5. The molecule has 0 bridgehead atoms. The number of benzene rings is 1. The topological polar surface area (TPSA) is 62.7 Å². The average molecular weight is 476 g/mol. The van der Waals surface area contributed by atoms with Crippen molar-refractivity contribution in [3.63, 3.8) is 0 Å². The number of aromatic nitrogens is 1. The van der Waals surface area contributed by atoms with Gasteiger partial charge in [-0.05, 0) is 67.5 Å². The number of piperidine rings is 1. The highest BCUT2D eigenvalue weighted by Crippen LogP contribution is 2.41. The summed E-state index contributed by atoms with van der Waals surface area (Å²) in [6.07, 6.45) is 4.62. The Hall–Kier alpha value is -3.19. The largest absolute Gasteiger partial charge is 0.484 e. The Kier molecular flexibility index (Phi) is 6.37. The Bertz CT molecular complexity index is 1170. The van der Waals surface area contributed by atoms with E-state index in [0.29, 0.717) is 0 Å². The normalized spacial score (nSPS) is 17.2. The first-order valence-corrected chi connectivity index (χ1v) is 12.6.